The van der Waals surface area contributed by atoms with Gasteiger partial charge in [0.05, 0.1) is 0 Å². The van der Waals surface area contributed by atoms with Crippen LogP contribution in [0, 0.1) is 0 Å². The molecule has 0 saturated carbocycles. The summed E-state index contributed by atoms with van der Waals surface area (Å²) in [5.41, 5.74) is 0.521. The van der Waals surface area contributed by atoms with Crippen LogP contribution in [-0.4, -0.2) is 39.7 Å². The van der Waals surface area contributed by atoms with Crippen molar-refractivity contribution < 1.29 is 14.7 Å². The normalized spacial score (nSPS) is 10.9. The Morgan fingerprint density at radius 2 is 1.70 bits per heavy atom. The molecule has 1 amide bonds. The van der Waals surface area contributed by atoms with Gasteiger partial charge in [-0.05, 0) is 38.1 Å². The molecule has 1 aromatic carbocycles. The molecule has 1 N–H and O–H groups in total. The first-order valence-electron chi connectivity index (χ1n) is 6.60. The average Bonchev–Trinajstić information content (AvgIpc) is 2.35. The molecule has 0 fully saturated rings. The summed E-state index contributed by atoms with van der Waals surface area (Å²) < 4.78 is 0. The summed E-state index contributed by atoms with van der Waals surface area (Å²) >= 11 is 1.73. The molecule has 0 unspecified atom stereocenters. The second-order valence-electron chi connectivity index (χ2n) is 5.11. The van der Waals surface area contributed by atoms with Gasteiger partial charge in [0.2, 0.25) is 0 Å². The number of hydrogen-bond donors (Lipinski definition) is 1. The van der Waals surface area contributed by atoms with E-state index in [1.807, 2.05) is 26.0 Å². The minimum Gasteiger partial charge on any atom is -0.480 e. The Kier molecular flexibility index (Phi) is 6.07. The summed E-state index contributed by atoms with van der Waals surface area (Å²) in [7, 11) is 0. The fraction of sp³-hybridized carbons (Fsp3) is 0.467. The molecule has 0 aliphatic carbocycles. The van der Waals surface area contributed by atoms with E-state index in [-0.39, 0.29) is 18.5 Å². The Bertz CT molecular complexity index is 469. The second-order valence-corrected chi connectivity index (χ2v) is 6.76. The number of amides is 1. The summed E-state index contributed by atoms with van der Waals surface area (Å²) in [5.74, 6) is -1.25. The molecule has 20 heavy (non-hydrogen) atoms. The van der Waals surface area contributed by atoms with Gasteiger partial charge in [-0.1, -0.05) is 13.8 Å². The van der Waals surface area contributed by atoms with Crippen molar-refractivity contribution in [3.8, 4) is 0 Å². The summed E-state index contributed by atoms with van der Waals surface area (Å²) in [6.07, 6.45) is 0. The number of rotatable bonds is 6. The largest absolute Gasteiger partial charge is 0.480 e. The third kappa shape index (κ3) is 4.89. The van der Waals surface area contributed by atoms with Gasteiger partial charge in [0, 0.05) is 21.8 Å². The van der Waals surface area contributed by atoms with E-state index >= 15 is 0 Å². The molecule has 0 radical (unpaired) electrons. The zero-order valence-corrected chi connectivity index (χ0v) is 13.1. The predicted molar refractivity (Wildman–Crippen MR) is 81.2 cm³/mol. The molecule has 0 bridgehead atoms. The van der Waals surface area contributed by atoms with Crippen LogP contribution in [0.2, 0.25) is 0 Å². The maximum atomic E-state index is 12.3. The van der Waals surface area contributed by atoms with E-state index < -0.39 is 5.97 Å². The Balaban J connectivity index is 2.86. The second kappa shape index (κ2) is 7.33. The average molecular weight is 295 g/mol. The van der Waals surface area contributed by atoms with E-state index in [0.717, 1.165) is 4.90 Å². The third-order valence-corrected chi connectivity index (χ3v) is 3.68. The number of hydrogen-bond acceptors (Lipinski definition) is 3. The summed E-state index contributed by atoms with van der Waals surface area (Å²) in [5, 5.41) is 9.36. The number of thioether (sulfide) groups is 1. The molecule has 0 aliphatic heterocycles. The molecular formula is C15H21NO3S. The molecule has 0 atom stereocenters. The van der Waals surface area contributed by atoms with Crippen LogP contribution < -0.4 is 0 Å². The van der Waals surface area contributed by atoms with Gasteiger partial charge in [-0.25, -0.2) is 0 Å². The van der Waals surface area contributed by atoms with E-state index in [1.54, 1.807) is 23.9 Å². The summed E-state index contributed by atoms with van der Waals surface area (Å²) in [6.45, 7) is 7.56. The number of aliphatic carboxylic acids is 1. The van der Waals surface area contributed by atoms with Crippen LogP contribution >= 0.6 is 11.8 Å². The first-order chi connectivity index (χ1) is 9.31. The van der Waals surface area contributed by atoms with Gasteiger partial charge < -0.3 is 10.0 Å². The van der Waals surface area contributed by atoms with Crippen molar-refractivity contribution in [1.82, 2.24) is 4.90 Å². The van der Waals surface area contributed by atoms with Gasteiger partial charge in [0.1, 0.15) is 6.54 Å². The van der Waals surface area contributed by atoms with Crippen molar-refractivity contribution in [2.24, 2.45) is 0 Å². The Morgan fingerprint density at radius 3 is 2.10 bits per heavy atom. The number of carboxylic acids is 1. The minimum atomic E-state index is -1.00. The summed E-state index contributed by atoms with van der Waals surface area (Å²) in [4.78, 5) is 25.6. The first kappa shape index (κ1) is 16.6. The number of benzene rings is 1. The lowest BCUT2D eigenvalue weighted by atomic mass is 10.1. The highest BCUT2D eigenvalue weighted by molar-refractivity contribution is 7.99. The smallest absolute Gasteiger partial charge is 0.323 e. The highest BCUT2D eigenvalue weighted by Crippen LogP contribution is 2.23. The molecule has 0 heterocycles. The van der Waals surface area contributed by atoms with Crippen molar-refractivity contribution in [2.45, 2.75) is 43.9 Å². The van der Waals surface area contributed by atoms with Gasteiger partial charge in [-0.3, -0.25) is 9.59 Å². The van der Waals surface area contributed by atoms with Crippen LogP contribution in [0.3, 0.4) is 0 Å². The quantitative estimate of drug-likeness (QED) is 0.819. The van der Waals surface area contributed by atoms with Gasteiger partial charge in [0.25, 0.3) is 5.91 Å². The van der Waals surface area contributed by atoms with E-state index in [2.05, 4.69) is 13.8 Å². The predicted octanol–water partition coefficient (Wildman–Crippen LogP) is 3.12. The van der Waals surface area contributed by atoms with Crippen LogP contribution in [0.5, 0.6) is 0 Å². The van der Waals surface area contributed by atoms with Crippen molar-refractivity contribution in [3.63, 3.8) is 0 Å². The van der Waals surface area contributed by atoms with Gasteiger partial charge in [0.15, 0.2) is 0 Å². The van der Waals surface area contributed by atoms with E-state index in [4.69, 9.17) is 5.11 Å². The number of carbonyl (C=O) groups excluding carboxylic acids is 1. The fourth-order valence-electron chi connectivity index (χ4n) is 1.75. The van der Waals surface area contributed by atoms with Crippen LogP contribution in [0.15, 0.2) is 29.2 Å². The van der Waals surface area contributed by atoms with Gasteiger partial charge in [-0.15, -0.1) is 11.8 Å². The third-order valence-electron chi connectivity index (χ3n) is 2.66. The molecule has 5 heteroatoms. The zero-order valence-electron chi connectivity index (χ0n) is 12.3. The van der Waals surface area contributed by atoms with Crippen molar-refractivity contribution in [1.29, 1.82) is 0 Å². The van der Waals surface area contributed by atoms with E-state index in [1.165, 1.54) is 4.90 Å². The van der Waals surface area contributed by atoms with E-state index in [9.17, 15) is 9.59 Å². The lowest BCUT2D eigenvalue weighted by Gasteiger charge is -2.25. The Labute approximate surface area is 124 Å². The first-order valence-corrected chi connectivity index (χ1v) is 7.48. The monoisotopic (exact) mass is 295 g/mol. The zero-order chi connectivity index (χ0) is 15.3. The van der Waals surface area contributed by atoms with Crippen molar-refractivity contribution in [2.75, 3.05) is 6.54 Å². The lowest BCUT2D eigenvalue weighted by molar-refractivity contribution is -0.138. The molecular weight excluding hydrogens is 274 g/mol. The standard InChI is InChI=1S/C15H21NO3S/c1-10(2)16(9-14(17)18)15(19)12-5-7-13(8-6-12)20-11(3)4/h5-8,10-11H,9H2,1-4H3,(H,17,18). The minimum absolute atomic E-state index is 0.150. The van der Waals surface area contributed by atoms with Crippen molar-refractivity contribution in [3.05, 3.63) is 29.8 Å². The highest BCUT2D eigenvalue weighted by Gasteiger charge is 2.21. The molecule has 0 aliphatic rings. The maximum absolute atomic E-state index is 12.3. The Hall–Kier alpha value is -1.49. The SMILES string of the molecule is CC(C)Sc1ccc(C(=O)N(CC(=O)O)C(C)C)cc1. The van der Waals surface area contributed by atoms with Gasteiger partial charge in [-0.2, -0.15) is 0 Å². The van der Waals surface area contributed by atoms with Crippen molar-refractivity contribution >= 4 is 23.6 Å². The van der Waals surface area contributed by atoms with Crippen LogP contribution in [-0.2, 0) is 4.79 Å². The fourth-order valence-corrected chi connectivity index (χ4v) is 2.59. The highest BCUT2D eigenvalue weighted by atomic mass is 32.2. The van der Waals surface area contributed by atoms with Crippen LogP contribution in [0.1, 0.15) is 38.1 Å². The van der Waals surface area contributed by atoms with E-state index in [0.29, 0.717) is 10.8 Å². The lowest BCUT2D eigenvalue weighted by Crippen LogP contribution is -2.40. The number of nitrogens with zero attached hydrogens (tertiary/aromatic N) is 1. The number of carbonyl (C=O) groups is 2. The molecule has 0 saturated heterocycles. The summed E-state index contributed by atoms with van der Waals surface area (Å²) in [6, 6.07) is 7.16. The van der Waals surface area contributed by atoms with Crippen LogP contribution in [0.25, 0.3) is 0 Å². The van der Waals surface area contributed by atoms with Crippen LogP contribution in [0.4, 0.5) is 0 Å². The Morgan fingerprint density at radius 1 is 1.15 bits per heavy atom. The number of carboxylic acid groups (broad SMARTS) is 1. The molecule has 0 spiro atoms. The molecule has 110 valence electrons. The topological polar surface area (TPSA) is 57.6 Å². The molecule has 0 aromatic heterocycles. The molecule has 1 aromatic rings. The van der Waals surface area contributed by atoms with Gasteiger partial charge >= 0.3 is 5.97 Å². The maximum Gasteiger partial charge on any atom is 0.323 e. The molecule has 1 rings (SSSR count). The molecule has 4 nitrogen and oxygen atoms in total.